The van der Waals surface area contributed by atoms with Gasteiger partial charge in [0.2, 0.25) is 0 Å². The van der Waals surface area contributed by atoms with Gasteiger partial charge in [-0.1, -0.05) is 12.1 Å². The first kappa shape index (κ1) is 15.8. The van der Waals surface area contributed by atoms with Crippen LogP contribution in [-0.4, -0.2) is 41.4 Å². The first-order valence-corrected chi connectivity index (χ1v) is 8.29. The Hall–Kier alpha value is -2.08. The third-order valence-corrected chi connectivity index (χ3v) is 4.20. The summed E-state index contributed by atoms with van der Waals surface area (Å²) < 4.78 is 7.67. The van der Waals surface area contributed by atoms with E-state index in [-0.39, 0.29) is 12.1 Å². The van der Waals surface area contributed by atoms with Crippen LogP contribution in [0.25, 0.3) is 11.0 Å². The molecular formula is C17H24N4O2. The predicted molar refractivity (Wildman–Crippen MR) is 89.5 cm³/mol. The Kier molecular flexibility index (Phi) is 5.12. The van der Waals surface area contributed by atoms with Crippen molar-refractivity contribution >= 4 is 17.1 Å². The number of para-hydroxylation sites is 2. The second-order valence-corrected chi connectivity index (χ2v) is 5.92. The van der Waals surface area contributed by atoms with Crippen molar-refractivity contribution in [3.05, 3.63) is 30.1 Å². The predicted octanol–water partition coefficient (Wildman–Crippen LogP) is 2.21. The Bertz CT molecular complexity index is 662. The van der Waals surface area contributed by atoms with Crippen molar-refractivity contribution in [3.63, 3.8) is 0 Å². The number of hydrogen-bond donors (Lipinski definition) is 2. The standard InChI is InChI=1S/C17H24N4O2/c1-13-20-15-7-2-3-8-16(15)21(13)10-5-9-18-17(22)19-12-14-6-4-11-23-14/h2-3,7-8,14H,4-6,9-12H2,1H3,(H2,18,19,22)/t14-/m1/s1. The lowest BCUT2D eigenvalue weighted by molar-refractivity contribution is 0.111. The van der Waals surface area contributed by atoms with Gasteiger partial charge in [-0.15, -0.1) is 0 Å². The summed E-state index contributed by atoms with van der Waals surface area (Å²) in [5.74, 6) is 1.01. The molecule has 0 spiro atoms. The number of benzene rings is 1. The molecule has 0 aliphatic carbocycles. The van der Waals surface area contributed by atoms with Gasteiger partial charge in [-0.2, -0.15) is 0 Å². The highest BCUT2D eigenvalue weighted by Crippen LogP contribution is 2.15. The number of carbonyl (C=O) groups is 1. The van der Waals surface area contributed by atoms with Crippen molar-refractivity contribution in [1.29, 1.82) is 0 Å². The first-order valence-electron chi connectivity index (χ1n) is 8.29. The highest BCUT2D eigenvalue weighted by molar-refractivity contribution is 5.76. The van der Waals surface area contributed by atoms with E-state index >= 15 is 0 Å². The SMILES string of the molecule is Cc1nc2ccccc2n1CCCNC(=O)NC[C@H]1CCCO1. The van der Waals surface area contributed by atoms with Gasteiger partial charge in [0.1, 0.15) is 5.82 Å². The van der Waals surface area contributed by atoms with E-state index in [1.165, 1.54) is 0 Å². The molecule has 0 unspecified atom stereocenters. The second kappa shape index (κ2) is 7.46. The van der Waals surface area contributed by atoms with Crippen molar-refractivity contribution < 1.29 is 9.53 Å². The van der Waals surface area contributed by atoms with Crippen molar-refractivity contribution in [3.8, 4) is 0 Å². The maximum atomic E-state index is 11.7. The van der Waals surface area contributed by atoms with Crippen LogP contribution in [0.15, 0.2) is 24.3 Å². The van der Waals surface area contributed by atoms with Crippen molar-refractivity contribution in [2.45, 2.75) is 38.8 Å². The summed E-state index contributed by atoms with van der Waals surface area (Å²) in [5, 5.41) is 5.76. The number of amides is 2. The fraction of sp³-hybridized carbons (Fsp3) is 0.529. The van der Waals surface area contributed by atoms with Gasteiger partial charge >= 0.3 is 6.03 Å². The summed E-state index contributed by atoms with van der Waals surface area (Å²) >= 11 is 0. The van der Waals surface area contributed by atoms with Crippen molar-refractivity contribution in [2.24, 2.45) is 0 Å². The fourth-order valence-electron chi connectivity index (χ4n) is 2.99. The molecule has 23 heavy (non-hydrogen) atoms. The molecule has 124 valence electrons. The number of fused-ring (bicyclic) bond motifs is 1. The molecule has 1 aliphatic heterocycles. The second-order valence-electron chi connectivity index (χ2n) is 5.92. The third kappa shape index (κ3) is 4.01. The zero-order valence-electron chi connectivity index (χ0n) is 13.5. The minimum atomic E-state index is -0.118. The van der Waals surface area contributed by atoms with Crippen LogP contribution >= 0.6 is 0 Å². The molecule has 1 aromatic carbocycles. The molecule has 1 aliphatic rings. The molecule has 1 saturated heterocycles. The molecular weight excluding hydrogens is 292 g/mol. The Morgan fingerprint density at radius 3 is 3.09 bits per heavy atom. The molecule has 0 radical (unpaired) electrons. The Morgan fingerprint density at radius 2 is 2.26 bits per heavy atom. The van der Waals surface area contributed by atoms with Crippen LogP contribution in [-0.2, 0) is 11.3 Å². The van der Waals surface area contributed by atoms with Crippen LogP contribution in [0.3, 0.4) is 0 Å². The summed E-state index contributed by atoms with van der Waals surface area (Å²) in [6.07, 6.45) is 3.18. The van der Waals surface area contributed by atoms with E-state index in [1.807, 2.05) is 25.1 Å². The Morgan fingerprint density at radius 1 is 1.39 bits per heavy atom. The van der Waals surface area contributed by atoms with Gasteiger partial charge in [-0.25, -0.2) is 9.78 Å². The number of aryl methyl sites for hydroxylation is 2. The van der Waals surface area contributed by atoms with Gasteiger partial charge in [0.25, 0.3) is 0 Å². The average molecular weight is 316 g/mol. The van der Waals surface area contributed by atoms with E-state index in [2.05, 4.69) is 26.3 Å². The molecule has 6 nitrogen and oxygen atoms in total. The van der Waals surface area contributed by atoms with Crippen molar-refractivity contribution in [1.82, 2.24) is 20.2 Å². The van der Waals surface area contributed by atoms with Crippen LogP contribution < -0.4 is 10.6 Å². The number of nitrogens with one attached hydrogen (secondary N) is 2. The molecule has 2 aromatic rings. The normalized spacial score (nSPS) is 17.5. The number of urea groups is 1. The minimum absolute atomic E-state index is 0.118. The molecule has 0 saturated carbocycles. The molecule has 3 rings (SSSR count). The quantitative estimate of drug-likeness (QED) is 0.803. The Balaban J connectivity index is 1.40. The van der Waals surface area contributed by atoms with E-state index in [0.29, 0.717) is 13.1 Å². The van der Waals surface area contributed by atoms with E-state index in [1.54, 1.807) is 0 Å². The largest absolute Gasteiger partial charge is 0.376 e. The number of imidazole rings is 1. The average Bonchev–Trinajstić information content (AvgIpc) is 3.17. The molecule has 2 N–H and O–H groups in total. The van der Waals surface area contributed by atoms with Crippen LogP contribution in [0.1, 0.15) is 25.1 Å². The number of aromatic nitrogens is 2. The highest BCUT2D eigenvalue weighted by Gasteiger charge is 2.15. The lowest BCUT2D eigenvalue weighted by Crippen LogP contribution is -2.40. The van der Waals surface area contributed by atoms with Gasteiger partial charge < -0.3 is 19.9 Å². The smallest absolute Gasteiger partial charge is 0.314 e. The molecule has 0 bridgehead atoms. The van der Waals surface area contributed by atoms with E-state index < -0.39 is 0 Å². The third-order valence-electron chi connectivity index (χ3n) is 4.20. The van der Waals surface area contributed by atoms with Crippen LogP contribution in [0, 0.1) is 6.92 Å². The molecule has 2 amide bonds. The zero-order chi connectivity index (χ0) is 16.1. The van der Waals surface area contributed by atoms with Crippen LogP contribution in [0.5, 0.6) is 0 Å². The number of rotatable bonds is 6. The number of ether oxygens (including phenoxy) is 1. The zero-order valence-corrected chi connectivity index (χ0v) is 13.5. The summed E-state index contributed by atoms with van der Waals surface area (Å²) in [6, 6.07) is 8.01. The maximum absolute atomic E-state index is 11.7. The number of hydrogen-bond acceptors (Lipinski definition) is 3. The van der Waals surface area contributed by atoms with E-state index in [0.717, 1.165) is 49.3 Å². The lowest BCUT2D eigenvalue weighted by Gasteiger charge is -2.12. The van der Waals surface area contributed by atoms with Crippen molar-refractivity contribution in [2.75, 3.05) is 19.7 Å². The Labute approximate surface area is 136 Å². The van der Waals surface area contributed by atoms with Crippen LogP contribution in [0.2, 0.25) is 0 Å². The first-order chi connectivity index (χ1) is 11.2. The minimum Gasteiger partial charge on any atom is -0.376 e. The fourth-order valence-corrected chi connectivity index (χ4v) is 2.99. The van der Waals surface area contributed by atoms with Crippen LogP contribution in [0.4, 0.5) is 4.79 Å². The summed E-state index contributed by atoms with van der Waals surface area (Å²) in [5.41, 5.74) is 2.17. The summed E-state index contributed by atoms with van der Waals surface area (Å²) in [6.45, 7) is 4.91. The van der Waals surface area contributed by atoms with Gasteiger partial charge in [0.05, 0.1) is 17.1 Å². The maximum Gasteiger partial charge on any atom is 0.314 e. The molecule has 1 fully saturated rings. The van der Waals surface area contributed by atoms with Gasteiger partial charge in [-0.05, 0) is 38.3 Å². The van der Waals surface area contributed by atoms with E-state index in [9.17, 15) is 4.79 Å². The summed E-state index contributed by atoms with van der Waals surface area (Å²) in [7, 11) is 0. The highest BCUT2D eigenvalue weighted by atomic mass is 16.5. The molecule has 1 atom stereocenters. The molecule has 1 aromatic heterocycles. The number of nitrogens with zero attached hydrogens (tertiary/aromatic N) is 2. The lowest BCUT2D eigenvalue weighted by atomic mass is 10.2. The van der Waals surface area contributed by atoms with Gasteiger partial charge in [0, 0.05) is 26.2 Å². The van der Waals surface area contributed by atoms with Gasteiger partial charge in [-0.3, -0.25) is 0 Å². The van der Waals surface area contributed by atoms with E-state index in [4.69, 9.17) is 4.74 Å². The summed E-state index contributed by atoms with van der Waals surface area (Å²) in [4.78, 5) is 16.3. The monoisotopic (exact) mass is 316 g/mol. The molecule has 2 heterocycles. The van der Waals surface area contributed by atoms with Gasteiger partial charge in [0.15, 0.2) is 0 Å². The number of carbonyl (C=O) groups excluding carboxylic acids is 1. The topological polar surface area (TPSA) is 68.2 Å². The molecule has 6 heteroatoms.